The molecule has 0 saturated carbocycles. The molecule has 0 spiro atoms. The summed E-state index contributed by atoms with van der Waals surface area (Å²) in [5.41, 5.74) is 5.06. The van der Waals surface area contributed by atoms with Crippen molar-refractivity contribution in [2.24, 2.45) is 5.92 Å². The zero-order valence-electron chi connectivity index (χ0n) is 16.5. The lowest BCUT2D eigenvalue weighted by Crippen LogP contribution is -2.50. The smallest absolute Gasteiger partial charge is 0.270 e. The van der Waals surface area contributed by atoms with Crippen molar-refractivity contribution in [2.75, 3.05) is 13.1 Å². The molecule has 0 unspecified atom stereocenters. The molecule has 0 radical (unpaired) electrons. The third-order valence-electron chi connectivity index (χ3n) is 5.03. The monoisotopic (exact) mass is 428 g/mol. The van der Waals surface area contributed by atoms with Gasteiger partial charge in [-0.1, -0.05) is 18.2 Å². The first-order valence-electron chi connectivity index (χ1n) is 9.70. The molecule has 3 amide bonds. The quantitative estimate of drug-likeness (QED) is 0.557. The number of nitrogens with zero attached hydrogens (tertiary/aromatic N) is 2. The highest BCUT2D eigenvalue weighted by Crippen LogP contribution is 2.18. The molecule has 31 heavy (non-hydrogen) atoms. The maximum absolute atomic E-state index is 13.0. The van der Waals surface area contributed by atoms with Crippen molar-refractivity contribution >= 4 is 23.4 Å². The topological polar surface area (TPSA) is 122 Å². The lowest BCUT2D eigenvalue weighted by Gasteiger charge is -2.32. The Bertz CT molecular complexity index is 996. The Morgan fingerprint density at radius 1 is 1.13 bits per heavy atom. The molecule has 2 aromatic carbocycles. The van der Waals surface area contributed by atoms with Gasteiger partial charge in [-0.3, -0.25) is 35.3 Å². The minimum Gasteiger partial charge on any atom is -0.342 e. The van der Waals surface area contributed by atoms with Gasteiger partial charge in [0.1, 0.15) is 5.82 Å². The molecule has 0 aromatic heterocycles. The highest BCUT2D eigenvalue weighted by atomic mass is 19.1. The minimum absolute atomic E-state index is 0.0363. The van der Waals surface area contributed by atoms with Crippen LogP contribution in [0.4, 0.5) is 10.1 Å². The molecule has 2 N–H and O–H groups in total. The summed E-state index contributed by atoms with van der Waals surface area (Å²) in [6.07, 6.45) is 1.29. The minimum atomic E-state index is -0.683. The van der Waals surface area contributed by atoms with Crippen LogP contribution in [0.3, 0.4) is 0 Å². The SMILES string of the molecule is O=C(NNC(=O)[C@H]1CCCN(C(=O)Cc2ccc(F)cc2)C1)c1cccc([N+](=O)[O-])c1. The van der Waals surface area contributed by atoms with Crippen LogP contribution in [-0.4, -0.2) is 40.6 Å². The highest BCUT2D eigenvalue weighted by molar-refractivity contribution is 5.96. The fourth-order valence-corrected chi connectivity index (χ4v) is 3.36. The maximum atomic E-state index is 13.0. The largest absolute Gasteiger partial charge is 0.342 e. The van der Waals surface area contributed by atoms with Gasteiger partial charge in [0.05, 0.1) is 17.3 Å². The van der Waals surface area contributed by atoms with Crippen LogP contribution in [0.15, 0.2) is 48.5 Å². The zero-order valence-corrected chi connectivity index (χ0v) is 16.5. The van der Waals surface area contributed by atoms with E-state index in [1.807, 2.05) is 0 Å². The van der Waals surface area contributed by atoms with Crippen molar-refractivity contribution in [3.05, 3.63) is 75.6 Å². The van der Waals surface area contributed by atoms with E-state index in [4.69, 9.17) is 0 Å². The Hall–Kier alpha value is -3.82. The lowest BCUT2D eigenvalue weighted by atomic mass is 9.96. The molecule has 3 rings (SSSR count). The second kappa shape index (κ2) is 9.79. The number of hydrazine groups is 1. The Balaban J connectivity index is 1.52. The molecule has 1 aliphatic rings. The molecule has 1 atom stereocenters. The summed E-state index contributed by atoms with van der Waals surface area (Å²) in [5, 5.41) is 10.8. The van der Waals surface area contributed by atoms with Gasteiger partial charge in [0.25, 0.3) is 11.6 Å². The Morgan fingerprint density at radius 3 is 2.58 bits per heavy atom. The molecule has 1 saturated heterocycles. The number of carbonyl (C=O) groups is 3. The van der Waals surface area contributed by atoms with Crippen LogP contribution in [-0.2, 0) is 16.0 Å². The molecule has 0 bridgehead atoms. The van der Waals surface area contributed by atoms with Gasteiger partial charge in [-0.2, -0.15) is 0 Å². The lowest BCUT2D eigenvalue weighted by molar-refractivity contribution is -0.384. The molecule has 1 heterocycles. The summed E-state index contributed by atoms with van der Waals surface area (Å²) in [4.78, 5) is 48.9. The summed E-state index contributed by atoms with van der Waals surface area (Å²) in [7, 11) is 0. The fraction of sp³-hybridized carbons (Fsp3) is 0.286. The third kappa shape index (κ3) is 5.84. The van der Waals surface area contributed by atoms with Gasteiger partial charge in [-0.25, -0.2) is 4.39 Å². The molecule has 1 aliphatic heterocycles. The van der Waals surface area contributed by atoms with E-state index in [1.54, 1.807) is 17.0 Å². The number of nitro groups is 1. The number of benzene rings is 2. The van der Waals surface area contributed by atoms with E-state index in [-0.39, 0.29) is 35.9 Å². The van der Waals surface area contributed by atoms with E-state index >= 15 is 0 Å². The molecule has 2 aromatic rings. The third-order valence-corrected chi connectivity index (χ3v) is 5.03. The number of amides is 3. The van der Waals surface area contributed by atoms with Crippen LogP contribution in [0.2, 0.25) is 0 Å². The number of likely N-dealkylation sites (tertiary alicyclic amines) is 1. The number of nitro benzene ring substituents is 1. The summed E-state index contributed by atoms with van der Waals surface area (Å²) in [6, 6.07) is 10.8. The second-order valence-corrected chi connectivity index (χ2v) is 7.23. The molecular formula is C21H21FN4O5. The van der Waals surface area contributed by atoms with Gasteiger partial charge in [0.2, 0.25) is 11.8 Å². The molecule has 0 aliphatic carbocycles. The number of hydrogen-bond donors (Lipinski definition) is 2. The first-order chi connectivity index (χ1) is 14.8. The highest BCUT2D eigenvalue weighted by Gasteiger charge is 2.28. The molecule has 9 nitrogen and oxygen atoms in total. The Morgan fingerprint density at radius 2 is 1.87 bits per heavy atom. The Labute approximate surface area is 177 Å². The van der Waals surface area contributed by atoms with Gasteiger partial charge < -0.3 is 4.90 Å². The number of rotatable bonds is 5. The summed E-state index contributed by atoms with van der Waals surface area (Å²) >= 11 is 0. The predicted molar refractivity (Wildman–Crippen MR) is 108 cm³/mol. The van der Waals surface area contributed by atoms with E-state index in [1.165, 1.54) is 30.3 Å². The number of non-ortho nitro benzene ring substituents is 1. The molecule has 162 valence electrons. The summed E-state index contributed by atoms with van der Waals surface area (Å²) < 4.78 is 13.0. The van der Waals surface area contributed by atoms with Crippen LogP contribution in [0.25, 0.3) is 0 Å². The van der Waals surface area contributed by atoms with Crippen molar-refractivity contribution in [2.45, 2.75) is 19.3 Å². The van der Waals surface area contributed by atoms with Crippen molar-refractivity contribution < 1.29 is 23.7 Å². The number of halogens is 1. The Kier molecular flexibility index (Phi) is 6.91. The number of carbonyl (C=O) groups excluding carboxylic acids is 3. The van der Waals surface area contributed by atoms with E-state index < -0.39 is 22.7 Å². The van der Waals surface area contributed by atoms with Gasteiger partial charge >= 0.3 is 0 Å². The second-order valence-electron chi connectivity index (χ2n) is 7.23. The van der Waals surface area contributed by atoms with E-state index in [9.17, 15) is 28.9 Å². The molecule has 10 heteroatoms. The van der Waals surface area contributed by atoms with E-state index in [0.717, 1.165) is 6.07 Å². The predicted octanol–water partition coefficient (Wildman–Crippen LogP) is 1.98. The van der Waals surface area contributed by atoms with Crippen molar-refractivity contribution in [3.8, 4) is 0 Å². The van der Waals surface area contributed by atoms with E-state index in [2.05, 4.69) is 10.9 Å². The van der Waals surface area contributed by atoms with Crippen LogP contribution < -0.4 is 10.9 Å². The number of nitrogens with one attached hydrogen (secondary N) is 2. The van der Waals surface area contributed by atoms with Gasteiger partial charge in [0.15, 0.2) is 0 Å². The van der Waals surface area contributed by atoms with E-state index in [0.29, 0.717) is 24.9 Å². The molecule has 1 fully saturated rings. The standard InChI is InChI=1S/C21H21FN4O5/c22-17-8-6-14(7-9-17)11-19(27)25-10-2-4-16(13-25)21(29)24-23-20(28)15-3-1-5-18(12-15)26(30)31/h1,3,5-9,12,16H,2,4,10-11,13H2,(H,23,28)(H,24,29)/t16-/m0/s1. The van der Waals surface area contributed by atoms with Crippen molar-refractivity contribution in [1.82, 2.24) is 15.8 Å². The maximum Gasteiger partial charge on any atom is 0.270 e. The van der Waals surface area contributed by atoms with Crippen LogP contribution in [0.5, 0.6) is 0 Å². The van der Waals surface area contributed by atoms with Crippen molar-refractivity contribution in [3.63, 3.8) is 0 Å². The normalized spacial score (nSPS) is 15.8. The average molecular weight is 428 g/mol. The van der Waals surface area contributed by atoms with Gasteiger partial charge in [-0.05, 0) is 36.6 Å². The van der Waals surface area contributed by atoms with Crippen LogP contribution in [0, 0.1) is 21.8 Å². The number of hydrogen-bond acceptors (Lipinski definition) is 5. The summed E-state index contributed by atoms with van der Waals surface area (Å²) in [6.45, 7) is 0.725. The molecular weight excluding hydrogens is 407 g/mol. The first-order valence-corrected chi connectivity index (χ1v) is 9.70. The fourth-order valence-electron chi connectivity index (χ4n) is 3.36. The zero-order chi connectivity index (χ0) is 22.4. The van der Waals surface area contributed by atoms with Gasteiger partial charge in [-0.15, -0.1) is 0 Å². The van der Waals surface area contributed by atoms with Crippen LogP contribution in [0.1, 0.15) is 28.8 Å². The number of piperidine rings is 1. The van der Waals surface area contributed by atoms with Crippen LogP contribution >= 0.6 is 0 Å². The first kappa shape index (κ1) is 21.9. The summed E-state index contributed by atoms with van der Waals surface area (Å²) in [5.74, 6) is -2.17. The van der Waals surface area contributed by atoms with Gasteiger partial charge in [0, 0.05) is 30.8 Å². The van der Waals surface area contributed by atoms with Crippen molar-refractivity contribution in [1.29, 1.82) is 0 Å². The average Bonchev–Trinajstić information content (AvgIpc) is 2.78.